The quantitative estimate of drug-likeness (QED) is 0.114. The zero-order valence-corrected chi connectivity index (χ0v) is 40.1. The Labute approximate surface area is 368 Å². The summed E-state index contributed by atoms with van der Waals surface area (Å²) in [5.74, 6) is -1.52. The van der Waals surface area contributed by atoms with Crippen LogP contribution in [0.25, 0.3) is 56.0 Å². The van der Waals surface area contributed by atoms with Crippen LogP contribution in [0.2, 0.25) is 12.6 Å². The van der Waals surface area contributed by atoms with Crippen molar-refractivity contribution in [1.29, 1.82) is 0 Å². The summed E-state index contributed by atoms with van der Waals surface area (Å²) in [6, 6.07) is 43.5. The molecule has 0 nitrogen and oxygen atoms in total. The molecular weight excluding hydrogens is 896 g/mol. The van der Waals surface area contributed by atoms with E-state index in [2.05, 4.69) is 140 Å². The van der Waals surface area contributed by atoms with E-state index in [0.717, 1.165) is 35.1 Å². The summed E-state index contributed by atoms with van der Waals surface area (Å²) < 4.78 is 43.0. The second kappa shape index (κ2) is 16.4. The minimum atomic E-state index is -5.71. The van der Waals surface area contributed by atoms with E-state index in [-0.39, 0.29) is 13.3 Å². The fraction of sp³-hybridized carbons (Fsp3) is 0.333. The van der Waals surface area contributed by atoms with E-state index < -0.39 is 34.1 Å². The molecule has 0 bridgehead atoms. The SMILES string of the molecule is C[SiH](CCC(F)(F)F)[Zr]([Cl])([Cl])([CH]1C(CC2CCCC2)=Cc2c(-c3cccc4ccccc34)cccc21)[CH]1C(CC2CCCC2)=Cc2c(-c3cccc4ccccc34)cccc21. The molecule has 61 heavy (non-hydrogen) atoms. The van der Waals surface area contributed by atoms with Gasteiger partial charge < -0.3 is 0 Å². The van der Waals surface area contributed by atoms with Crippen molar-refractivity contribution in [2.45, 2.75) is 96.6 Å². The fourth-order valence-electron chi connectivity index (χ4n) is 12.5. The maximum atomic E-state index is 14.5. The third-order valence-electron chi connectivity index (χ3n) is 15.4. The van der Waals surface area contributed by atoms with Crippen molar-refractivity contribution in [2.75, 3.05) is 0 Å². The summed E-state index contributed by atoms with van der Waals surface area (Å²) in [6.45, 7) is 2.15. The molecule has 0 amide bonds. The molecular formula is C54H54Cl2F3SiZr. The van der Waals surface area contributed by atoms with Gasteiger partial charge in [0.05, 0.1) is 0 Å². The van der Waals surface area contributed by atoms with Crippen LogP contribution in [0.3, 0.4) is 0 Å². The van der Waals surface area contributed by atoms with Gasteiger partial charge in [0.1, 0.15) is 0 Å². The molecule has 3 unspecified atom stereocenters. The second-order valence-electron chi connectivity index (χ2n) is 19.0. The molecule has 0 radical (unpaired) electrons. The number of hydrogen-bond donors (Lipinski definition) is 0. The molecule has 6 aromatic rings. The molecule has 3 atom stereocenters. The zero-order chi connectivity index (χ0) is 42.0. The molecule has 0 heterocycles. The molecule has 0 aromatic heterocycles. The summed E-state index contributed by atoms with van der Waals surface area (Å²) in [5.41, 5.74) is 11.9. The molecule has 0 saturated heterocycles. The summed E-state index contributed by atoms with van der Waals surface area (Å²) in [6.07, 6.45) is 11.1. The number of halogens is 5. The van der Waals surface area contributed by atoms with Crippen molar-refractivity contribution in [2.24, 2.45) is 11.8 Å². The van der Waals surface area contributed by atoms with Crippen LogP contribution in [0, 0.1) is 11.8 Å². The third kappa shape index (κ3) is 7.50. The Balaban J connectivity index is 1.22. The van der Waals surface area contributed by atoms with Crippen LogP contribution in [-0.2, 0) is 15.6 Å². The second-order valence-corrected chi connectivity index (χ2v) is 60.3. The van der Waals surface area contributed by atoms with Crippen LogP contribution in [0.1, 0.15) is 100 Å². The van der Waals surface area contributed by atoms with Crippen molar-refractivity contribution in [3.05, 3.63) is 155 Å². The molecule has 313 valence electrons. The van der Waals surface area contributed by atoms with Crippen molar-refractivity contribution in [1.82, 2.24) is 0 Å². The van der Waals surface area contributed by atoms with Gasteiger partial charge in [0.2, 0.25) is 0 Å². The van der Waals surface area contributed by atoms with Gasteiger partial charge in [0.25, 0.3) is 0 Å². The first-order chi connectivity index (χ1) is 29.5. The van der Waals surface area contributed by atoms with Crippen molar-refractivity contribution >= 4 is 56.6 Å². The fourth-order valence-corrected chi connectivity index (χ4v) is 52.5. The van der Waals surface area contributed by atoms with E-state index in [1.54, 1.807) is 0 Å². The van der Waals surface area contributed by atoms with E-state index in [0.29, 0.717) is 11.8 Å². The number of benzene rings is 6. The molecule has 4 aliphatic rings. The predicted octanol–water partition coefficient (Wildman–Crippen LogP) is 17.4. The Bertz CT molecular complexity index is 2520. The average molecular weight is 950 g/mol. The monoisotopic (exact) mass is 947 g/mol. The first kappa shape index (κ1) is 41.8. The number of rotatable bonds is 11. The maximum absolute atomic E-state index is 14.5. The Kier molecular flexibility index (Phi) is 11.2. The molecule has 7 heteroatoms. The Hall–Kier alpha value is -3.21. The van der Waals surface area contributed by atoms with Gasteiger partial charge in [-0.1, -0.05) is 0 Å². The van der Waals surface area contributed by atoms with Crippen LogP contribution in [0.15, 0.2) is 132 Å². The summed E-state index contributed by atoms with van der Waals surface area (Å²) >= 11 is -5.71. The van der Waals surface area contributed by atoms with Gasteiger partial charge in [-0.15, -0.1) is 0 Å². The van der Waals surface area contributed by atoms with Gasteiger partial charge in [0, 0.05) is 0 Å². The van der Waals surface area contributed by atoms with Gasteiger partial charge in [-0.05, 0) is 0 Å². The number of alkyl halides is 3. The van der Waals surface area contributed by atoms with Crippen molar-refractivity contribution in [3.8, 4) is 22.3 Å². The van der Waals surface area contributed by atoms with Crippen molar-refractivity contribution in [3.63, 3.8) is 0 Å². The van der Waals surface area contributed by atoms with Crippen LogP contribution < -0.4 is 0 Å². The van der Waals surface area contributed by atoms with E-state index >= 15 is 0 Å². The van der Waals surface area contributed by atoms with Gasteiger partial charge in [-0.3, -0.25) is 0 Å². The van der Waals surface area contributed by atoms with Crippen LogP contribution in [-0.4, -0.2) is 12.1 Å². The molecule has 2 fully saturated rings. The molecule has 0 spiro atoms. The van der Waals surface area contributed by atoms with E-state index in [9.17, 15) is 13.2 Å². The number of fused-ring (bicyclic) bond motifs is 4. The number of allylic oxidation sites excluding steroid dienone is 2. The van der Waals surface area contributed by atoms with Gasteiger partial charge in [0.15, 0.2) is 0 Å². The molecule has 6 aromatic carbocycles. The third-order valence-corrected chi connectivity index (χ3v) is 65.5. The first-order valence-electron chi connectivity index (χ1n) is 22.7. The summed E-state index contributed by atoms with van der Waals surface area (Å²) in [4.78, 5) is 0. The molecule has 2 saturated carbocycles. The Morgan fingerprint density at radius 3 is 1.38 bits per heavy atom. The van der Waals surface area contributed by atoms with E-state index in [1.165, 1.54) is 106 Å². The van der Waals surface area contributed by atoms with Crippen LogP contribution in [0.4, 0.5) is 13.2 Å². The Morgan fingerprint density at radius 1 is 0.541 bits per heavy atom. The van der Waals surface area contributed by atoms with Crippen LogP contribution >= 0.6 is 17.0 Å². The molecule has 4 aliphatic carbocycles. The number of hydrogen-bond acceptors (Lipinski definition) is 0. The normalized spacial score (nSPS) is 20.7. The zero-order valence-electron chi connectivity index (χ0n) is 35.0. The van der Waals surface area contributed by atoms with Crippen LogP contribution in [0.5, 0.6) is 0 Å². The van der Waals surface area contributed by atoms with E-state index in [1.807, 2.05) is 0 Å². The molecule has 10 rings (SSSR count). The molecule has 0 N–H and O–H groups in total. The van der Waals surface area contributed by atoms with Gasteiger partial charge in [-0.2, -0.15) is 0 Å². The summed E-state index contributed by atoms with van der Waals surface area (Å²) in [7, 11) is 18.2. The first-order valence-corrected chi connectivity index (χ1v) is 38.7. The van der Waals surface area contributed by atoms with Gasteiger partial charge >= 0.3 is 371 Å². The Morgan fingerprint density at radius 2 is 0.934 bits per heavy atom. The standard InChI is InChI=1S/2C25H23.C4H8F3Si.2ClH.Zr/c2*1-2-8-18(7-1)15-19-16-21-11-6-14-24(25(21)17-19)23-13-5-10-20-9-3-4-12-22(20)23;1-8-3-2-4(5,6)7;;;/h2*3-6,9-14,16-18H,1-2,7-8,15H2;8H,2-3H2,1H3;2*1H;/q;;;;;+2/p-2. The molecule has 0 aliphatic heterocycles. The van der Waals surface area contributed by atoms with Gasteiger partial charge in [-0.25, -0.2) is 0 Å². The predicted molar refractivity (Wildman–Crippen MR) is 254 cm³/mol. The average Bonchev–Trinajstić information content (AvgIpc) is 4.10. The van der Waals surface area contributed by atoms with Crippen molar-refractivity contribution < 1.29 is 28.7 Å². The summed E-state index contributed by atoms with van der Waals surface area (Å²) in [5, 5.41) is 4.74. The topological polar surface area (TPSA) is 0 Å². The minimum absolute atomic E-state index is 0.0544. The van der Waals surface area contributed by atoms with E-state index in [4.69, 9.17) is 17.0 Å².